The van der Waals surface area contributed by atoms with Gasteiger partial charge in [0.05, 0.1) is 16.5 Å². The molecule has 0 unspecified atom stereocenters. The lowest BCUT2D eigenvalue weighted by molar-refractivity contribution is -0.115. The fourth-order valence-corrected chi connectivity index (χ4v) is 3.15. The Kier molecular flexibility index (Phi) is 8.84. The van der Waals surface area contributed by atoms with E-state index in [1.165, 1.54) is 4.57 Å². The van der Waals surface area contributed by atoms with E-state index in [1.54, 1.807) is 18.3 Å². The van der Waals surface area contributed by atoms with Crippen LogP contribution in [-0.2, 0) is 29.0 Å². The second kappa shape index (κ2) is 12.0. The quantitative estimate of drug-likeness (QED) is 0.229. The Balaban J connectivity index is 1.41. The maximum atomic E-state index is 12.1. The summed E-state index contributed by atoms with van der Waals surface area (Å²) in [5.41, 5.74) is 1.35. The molecule has 0 aliphatic rings. The third-order valence-corrected chi connectivity index (χ3v) is 5.23. The Labute approximate surface area is 198 Å². The summed E-state index contributed by atoms with van der Waals surface area (Å²) < 4.78 is 1.81. The monoisotopic (exact) mass is 546 g/mol. The maximum Gasteiger partial charge on any atom is 0.349 e. The molecule has 2 heterocycles. The van der Waals surface area contributed by atoms with Crippen molar-refractivity contribution in [2.75, 3.05) is 15.1 Å². The average Bonchev–Trinajstić information content (AvgIpc) is 2.79. The molecule has 0 atom stereocenters. The van der Waals surface area contributed by atoms with Crippen molar-refractivity contribution in [2.45, 2.75) is 32.2 Å². The summed E-state index contributed by atoms with van der Waals surface area (Å²) >= 11 is 1.94. The molecule has 3 rings (SSSR count). The van der Waals surface area contributed by atoms with Crippen LogP contribution >= 0.6 is 22.6 Å². The molecule has 0 aliphatic carbocycles. The van der Waals surface area contributed by atoms with Gasteiger partial charge in [0.2, 0.25) is 11.8 Å². The standard InChI is InChI=1S/C22H23IN6O3/c23-15-21(31)24-18-11-13-29(22(32)26-18)12-5-4-8-17-9-10-19(28-27-17)25-20(30)14-16-6-2-1-3-7-16/h1-3,6-7,9-11,13H,4-5,8,12,14-15H2,(H,25,28,30)(H,24,26,31,32). The number of carbonyl (C=O) groups excluding carboxylic acids is 2. The molecule has 0 fully saturated rings. The number of aromatic nitrogens is 4. The second-order valence-corrected chi connectivity index (χ2v) is 7.81. The summed E-state index contributed by atoms with van der Waals surface area (Å²) in [6.45, 7) is 0.521. The molecule has 0 spiro atoms. The summed E-state index contributed by atoms with van der Waals surface area (Å²) in [5.74, 6) is 0.344. The molecule has 0 saturated heterocycles. The second-order valence-electron chi connectivity index (χ2n) is 7.05. The average molecular weight is 546 g/mol. The molecule has 1 aromatic carbocycles. The van der Waals surface area contributed by atoms with E-state index < -0.39 is 5.69 Å². The highest BCUT2D eigenvalue weighted by Crippen LogP contribution is 2.08. The zero-order chi connectivity index (χ0) is 22.8. The maximum absolute atomic E-state index is 12.1. The molecule has 166 valence electrons. The molecule has 2 N–H and O–H groups in total. The number of halogens is 1. The summed E-state index contributed by atoms with van der Waals surface area (Å²) in [6, 6.07) is 14.7. The van der Waals surface area contributed by atoms with Gasteiger partial charge >= 0.3 is 5.69 Å². The zero-order valence-electron chi connectivity index (χ0n) is 17.3. The smallest absolute Gasteiger partial charge is 0.310 e. The number of unbranched alkanes of at least 4 members (excludes halogenated alkanes) is 1. The number of rotatable bonds is 10. The van der Waals surface area contributed by atoms with Gasteiger partial charge in [0.15, 0.2) is 5.82 Å². The van der Waals surface area contributed by atoms with Gasteiger partial charge < -0.3 is 10.6 Å². The van der Waals surface area contributed by atoms with Crippen LogP contribution in [0.3, 0.4) is 0 Å². The first kappa shape index (κ1) is 23.5. The van der Waals surface area contributed by atoms with Gasteiger partial charge in [-0.1, -0.05) is 52.9 Å². The van der Waals surface area contributed by atoms with Crippen molar-refractivity contribution in [2.24, 2.45) is 0 Å². The molecule has 0 bridgehead atoms. The van der Waals surface area contributed by atoms with Crippen molar-refractivity contribution in [3.63, 3.8) is 0 Å². The highest BCUT2D eigenvalue weighted by Gasteiger charge is 2.07. The summed E-state index contributed by atoms with van der Waals surface area (Å²) in [5, 5.41) is 13.5. The van der Waals surface area contributed by atoms with Crippen LogP contribution in [0.15, 0.2) is 59.5 Å². The first-order valence-electron chi connectivity index (χ1n) is 10.1. The SMILES string of the molecule is O=C(Cc1ccccc1)Nc1ccc(CCCCn2ccc(NC(=O)CI)nc2=O)nn1. The van der Waals surface area contributed by atoms with Crippen LogP contribution in [0.1, 0.15) is 24.1 Å². The van der Waals surface area contributed by atoms with Gasteiger partial charge in [0.25, 0.3) is 0 Å². The highest BCUT2D eigenvalue weighted by atomic mass is 127. The third kappa shape index (κ3) is 7.52. The van der Waals surface area contributed by atoms with Crippen molar-refractivity contribution in [1.29, 1.82) is 0 Å². The normalized spacial score (nSPS) is 10.5. The molecule has 0 radical (unpaired) electrons. The largest absolute Gasteiger partial charge is 0.349 e. The first-order chi connectivity index (χ1) is 15.5. The molecule has 10 heteroatoms. The van der Waals surface area contributed by atoms with Crippen LogP contribution < -0.4 is 16.3 Å². The molecule has 0 saturated carbocycles. The first-order valence-corrected chi connectivity index (χ1v) is 11.7. The van der Waals surface area contributed by atoms with Crippen LogP contribution in [0.4, 0.5) is 11.6 Å². The van der Waals surface area contributed by atoms with Crippen molar-refractivity contribution in [3.05, 3.63) is 76.5 Å². The van der Waals surface area contributed by atoms with E-state index in [1.807, 2.05) is 59.0 Å². The van der Waals surface area contributed by atoms with E-state index in [2.05, 4.69) is 25.8 Å². The number of aryl methyl sites for hydroxylation is 2. The third-order valence-electron chi connectivity index (χ3n) is 4.54. The summed E-state index contributed by atoms with van der Waals surface area (Å²) in [4.78, 5) is 39.4. The van der Waals surface area contributed by atoms with Crippen molar-refractivity contribution >= 4 is 46.0 Å². The van der Waals surface area contributed by atoms with E-state index in [4.69, 9.17) is 0 Å². The number of amides is 2. The molecule has 9 nitrogen and oxygen atoms in total. The molecule has 2 aromatic heterocycles. The Hall–Kier alpha value is -3.15. The number of nitrogens with zero attached hydrogens (tertiary/aromatic N) is 4. The van der Waals surface area contributed by atoms with Crippen LogP contribution in [0.25, 0.3) is 0 Å². The van der Waals surface area contributed by atoms with Gasteiger partial charge in [-0.25, -0.2) is 4.79 Å². The van der Waals surface area contributed by atoms with E-state index in [0.29, 0.717) is 23.2 Å². The number of hydrogen-bond donors (Lipinski definition) is 2. The van der Waals surface area contributed by atoms with Gasteiger partial charge in [-0.15, -0.1) is 5.10 Å². The minimum Gasteiger partial charge on any atom is -0.310 e. The lowest BCUT2D eigenvalue weighted by Crippen LogP contribution is -2.25. The van der Waals surface area contributed by atoms with Gasteiger partial charge in [0.1, 0.15) is 5.82 Å². The number of anilines is 2. The fourth-order valence-electron chi connectivity index (χ4n) is 2.96. The number of alkyl halides is 1. The molecular weight excluding hydrogens is 523 g/mol. The van der Waals surface area contributed by atoms with Crippen LogP contribution in [0.2, 0.25) is 0 Å². The number of benzene rings is 1. The Morgan fingerprint density at radius 3 is 2.38 bits per heavy atom. The molecular formula is C22H23IN6O3. The predicted molar refractivity (Wildman–Crippen MR) is 130 cm³/mol. The van der Waals surface area contributed by atoms with E-state index in [0.717, 1.165) is 24.1 Å². The molecule has 3 aromatic rings. The number of nitrogens with one attached hydrogen (secondary N) is 2. The molecule has 2 amide bonds. The summed E-state index contributed by atoms with van der Waals surface area (Å²) in [7, 11) is 0. The minimum absolute atomic E-state index is 0.141. The minimum atomic E-state index is -0.397. The number of hydrogen-bond acceptors (Lipinski definition) is 6. The molecule has 32 heavy (non-hydrogen) atoms. The van der Waals surface area contributed by atoms with Crippen molar-refractivity contribution < 1.29 is 9.59 Å². The van der Waals surface area contributed by atoms with Crippen molar-refractivity contribution in [3.8, 4) is 0 Å². The summed E-state index contributed by atoms with van der Waals surface area (Å²) in [6.07, 6.45) is 4.19. The molecule has 0 aliphatic heterocycles. The lowest BCUT2D eigenvalue weighted by atomic mass is 10.1. The van der Waals surface area contributed by atoms with Gasteiger partial charge in [-0.05, 0) is 43.0 Å². The highest BCUT2D eigenvalue weighted by molar-refractivity contribution is 14.1. The fraction of sp³-hybridized carbons (Fsp3) is 0.273. The topological polar surface area (TPSA) is 119 Å². The number of carbonyl (C=O) groups is 2. The van der Waals surface area contributed by atoms with E-state index in [-0.39, 0.29) is 24.1 Å². The van der Waals surface area contributed by atoms with Crippen molar-refractivity contribution in [1.82, 2.24) is 19.7 Å². The van der Waals surface area contributed by atoms with Gasteiger partial charge in [-0.3, -0.25) is 14.2 Å². The Morgan fingerprint density at radius 1 is 0.906 bits per heavy atom. The zero-order valence-corrected chi connectivity index (χ0v) is 19.5. The van der Waals surface area contributed by atoms with Gasteiger partial charge in [-0.2, -0.15) is 10.1 Å². The van der Waals surface area contributed by atoms with Gasteiger partial charge in [0, 0.05) is 12.7 Å². The Morgan fingerprint density at radius 2 is 1.69 bits per heavy atom. The van der Waals surface area contributed by atoms with E-state index in [9.17, 15) is 14.4 Å². The van der Waals surface area contributed by atoms with E-state index >= 15 is 0 Å². The Bertz CT molecular complexity index is 1100. The predicted octanol–water partition coefficient (Wildman–Crippen LogP) is 2.61. The van der Waals surface area contributed by atoms with Crippen LogP contribution in [0.5, 0.6) is 0 Å². The lowest BCUT2D eigenvalue weighted by Gasteiger charge is -2.07. The van der Waals surface area contributed by atoms with Crippen LogP contribution in [-0.4, -0.2) is 36.0 Å². The van der Waals surface area contributed by atoms with Crippen LogP contribution in [0, 0.1) is 0 Å².